The van der Waals surface area contributed by atoms with Crippen molar-refractivity contribution in [3.8, 4) is 28.0 Å². The average molecular weight is 495 g/mol. The van der Waals surface area contributed by atoms with Crippen LogP contribution in [-0.2, 0) is 0 Å². The molecule has 188 valence electrons. The Kier molecular flexibility index (Phi) is 8.51. The van der Waals surface area contributed by atoms with Gasteiger partial charge in [-0.25, -0.2) is 13.2 Å². The van der Waals surface area contributed by atoms with Crippen LogP contribution in [0.25, 0.3) is 22.3 Å². The van der Waals surface area contributed by atoms with E-state index in [2.05, 4.69) is 11.7 Å². The van der Waals surface area contributed by atoms with E-state index in [1.54, 1.807) is 6.07 Å². The van der Waals surface area contributed by atoms with Crippen LogP contribution < -0.4 is 4.74 Å². The summed E-state index contributed by atoms with van der Waals surface area (Å²) in [5.74, 6) is -4.17. The standard InChI is InChI=1S/C26H22F6O.C2H6/c1-15-2-4-16(5-3-15)17-6-8-18(9-7-17)19-10-11-21(22(27)12-19)20-13-23(28)25(24(29)14-20)33-26(30,31)32;1-2/h6-16H,2-5H2,1H3;1-2H3. The zero-order chi connectivity index (χ0) is 25.8. The molecule has 0 saturated heterocycles. The van der Waals surface area contributed by atoms with Crippen LogP contribution in [0.2, 0.25) is 0 Å². The van der Waals surface area contributed by atoms with Crippen molar-refractivity contribution < 1.29 is 31.1 Å². The largest absolute Gasteiger partial charge is 0.573 e. The second-order valence-corrected chi connectivity index (χ2v) is 8.59. The summed E-state index contributed by atoms with van der Waals surface area (Å²) in [5, 5.41) is 0. The van der Waals surface area contributed by atoms with Gasteiger partial charge >= 0.3 is 6.36 Å². The van der Waals surface area contributed by atoms with E-state index in [-0.39, 0.29) is 11.1 Å². The summed E-state index contributed by atoms with van der Waals surface area (Å²) in [4.78, 5) is 0. The van der Waals surface area contributed by atoms with Crippen molar-refractivity contribution >= 4 is 0 Å². The van der Waals surface area contributed by atoms with Crippen LogP contribution in [0.3, 0.4) is 0 Å². The molecule has 0 heterocycles. The van der Waals surface area contributed by atoms with E-state index in [9.17, 15) is 26.3 Å². The Bertz CT molecular complexity index is 1110. The minimum absolute atomic E-state index is 0.136. The fourth-order valence-corrected chi connectivity index (χ4v) is 4.40. The van der Waals surface area contributed by atoms with Gasteiger partial charge < -0.3 is 4.74 Å². The number of hydrogen-bond acceptors (Lipinski definition) is 1. The summed E-state index contributed by atoms with van der Waals surface area (Å²) in [5.41, 5.74) is 2.26. The summed E-state index contributed by atoms with van der Waals surface area (Å²) in [6.45, 7) is 6.27. The summed E-state index contributed by atoms with van der Waals surface area (Å²) in [6, 6.07) is 13.4. The third-order valence-corrected chi connectivity index (χ3v) is 6.23. The van der Waals surface area contributed by atoms with Gasteiger partial charge in [0, 0.05) is 5.56 Å². The van der Waals surface area contributed by atoms with Crippen molar-refractivity contribution in [3.05, 3.63) is 77.6 Å². The molecule has 1 aliphatic rings. The van der Waals surface area contributed by atoms with Gasteiger partial charge in [0.25, 0.3) is 0 Å². The van der Waals surface area contributed by atoms with Crippen LogP contribution in [0.4, 0.5) is 26.3 Å². The maximum absolute atomic E-state index is 14.8. The topological polar surface area (TPSA) is 9.23 Å². The van der Waals surface area contributed by atoms with E-state index < -0.39 is 29.6 Å². The first-order valence-corrected chi connectivity index (χ1v) is 11.8. The Labute approximate surface area is 201 Å². The van der Waals surface area contributed by atoms with Crippen molar-refractivity contribution in [2.45, 2.75) is 58.7 Å². The zero-order valence-electron chi connectivity index (χ0n) is 19.9. The molecule has 0 aliphatic heterocycles. The molecule has 7 heteroatoms. The molecule has 0 aromatic heterocycles. The minimum Gasteiger partial charge on any atom is -0.399 e. The van der Waals surface area contributed by atoms with Gasteiger partial charge in [0.2, 0.25) is 5.75 Å². The van der Waals surface area contributed by atoms with E-state index in [4.69, 9.17) is 0 Å². The van der Waals surface area contributed by atoms with Crippen molar-refractivity contribution in [1.82, 2.24) is 0 Å². The van der Waals surface area contributed by atoms with Crippen molar-refractivity contribution in [1.29, 1.82) is 0 Å². The van der Waals surface area contributed by atoms with Crippen molar-refractivity contribution in [2.75, 3.05) is 0 Å². The van der Waals surface area contributed by atoms with Gasteiger partial charge in [-0.15, -0.1) is 13.2 Å². The van der Waals surface area contributed by atoms with Crippen LogP contribution in [0, 0.1) is 23.4 Å². The lowest BCUT2D eigenvalue weighted by Crippen LogP contribution is -2.19. The van der Waals surface area contributed by atoms with Crippen LogP contribution in [0.5, 0.6) is 5.75 Å². The highest BCUT2D eigenvalue weighted by Gasteiger charge is 2.34. The monoisotopic (exact) mass is 494 g/mol. The average Bonchev–Trinajstić information content (AvgIpc) is 2.82. The Morgan fingerprint density at radius 1 is 0.686 bits per heavy atom. The highest BCUT2D eigenvalue weighted by Crippen LogP contribution is 2.37. The smallest absolute Gasteiger partial charge is 0.399 e. The highest BCUT2D eigenvalue weighted by molar-refractivity contribution is 5.71. The van der Waals surface area contributed by atoms with E-state index in [0.717, 1.165) is 24.3 Å². The van der Waals surface area contributed by atoms with Crippen molar-refractivity contribution in [3.63, 3.8) is 0 Å². The highest BCUT2D eigenvalue weighted by atomic mass is 19.4. The van der Waals surface area contributed by atoms with Gasteiger partial charge in [0.15, 0.2) is 11.6 Å². The third-order valence-electron chi connectivity index (χ3n) is 6.23. The fourth-order valence-electron chi connectivity index (χ4n) is 4.40. The molecule has 3 aromatic rings. The zero-order valence-corrected chi connectivity index (χ0v) is 19.9. The molecule has 0 N–H and O–H groups in total. The molecule has 0 spiro atoms. The molecule has 1 saturated carbocycles. The number of hydrogen-bond donors (Lipinski definition) is 0. The Morgan fingerprint density at radius 2 is 1.20 bits per heavy atom. The van der Waals surface area contributed by atoms with Crippen LogP contribution >= 0.6 is 0 Å². The summed E-state index contributed by atoms with van der Waals surface area (Å²) in [6.07, 6.45) is -0.512. The van der Waals surface area contributed by atoms with E-state index in [0.29, 0.717) is 23.6 Å². The van der Waals surface area contributed by atoms with Gasteiger partial charge in [0.05, 0.1) is 0 Å². The van der Waals surface area contributed by atoms with E-state index in [1.807, 2.05) is 38.1 Å². The van der Waals surface area contributed by atoms with Gasteiger partial charge in [-0.1, -0.05) is 70.0 Å². The maximum atomic E-state index is 14.8. The number of halogens is 6. The molecule has 3 aromatic carbocycles. The molecule has 0 unspecified atom stereocenters. The number of alkyl halides is 3. The molecule has 0 atom stereocenters. The second kappa shape index (κ2) is 11.2. The normalized spacial score (nSPS) is 18.0. The lowest BCUT2D eigenvalue weighted by Gasteiger charge is -2.26. The number of benzene rings is 3. The van der Waals surface area contributed by atoms with Crippen LogP contribution in [-0.4, -0.2) is 6.36 Å². The van der Waals surface area contributed by atoms with Gasteiger partial charge in [0.1, 0.15) is 5.82 Å². The predicted molar refractivity (Wildman–Crippen MR) is 126 cm³/mol. The Balaban J connectivity index is 0.00000167. The molecule has 4 rings (SSSR count). The first-order valence-electron chi connectivity index (χ1n) is 11.8. The summed E-state index contributed by atoms with van der Waals surface area (Å²) in [7, 11) is 0. The number of ether oxygens (including phenoxy) is 1. The van der Waals surface area contributed by atoms with E-state index in [1.165, 1.54) is 30.5 Å². The van der Waals surface area contributed by atoms with Gasteiger partial charge in [-0.05, 0) is 65.1 Å². The Morgan fingerprint density at radius 3 is 1.71 bits per heavy atom. The minimum atomic E-state index is -5.25. The lowest BCUT2D eigenvalue weighted by molar-refractivity contribution is -0.276. The first kappa shape index (κ1) is 26.6. The molecular formula is C28H28F6O. The second-order valence-electron chi connectivity index (χ2n) is 8.59. The quantitative estimate of drug-likeness (QED) is 0.328. The summed E-state index contributed by atoms with van der Waals surface area (Å²) >= 11 is 0. The molecule has 35 heavy (non-hydrogen) atoms. The van der Waals surface area contributed by atoms with Gasteiger partial charge in [-0.3, -0.25) is 0 Å². The first-order chi connectivity index (χ1) is 16.6. The molecule has 0 amide bonds. The SMILES string of the molecule is CC.CC1CCC(c2ccc(-c3ccc(-c4cc(F)c(OC(F)(F)F)c(F)c4)c(F)c3)cc2)CC1. The number of rotatable bonds is 4. The molecule has 0 radical (unpaired) electrons. The molecular weight excluding hydrogens is 466 g/mol. The van der Waals surface area contributed by atoms with Crippen LogP contribution in [0.1, 0.15) is 57.9 Å². The third kappa shape index (κ3) is 6.59. The summed E-state index contributed by atoms with van der Waals surface area (Å²) < 4.78 is 83.2. The predicted octanol–water partition coefficient (Wildman–Crippen LogP) is 9.66. The van der Waals surface area contributed by atoms with Gasteiger partial charge in [-0.2, -0.15) is 0 Å². The molecule has 1 aliphatic carbocycles. The van der Waals surface area contributed by atoms with Crippen LogP contribution in [0.15, 0.2) is 54.6 Å². The molecule has 1 fully saturated rings. The lowest BCUT2D eigenvalue weighted by atomic mass is 9.79. The fraction of sp³-hybridized carbons (Fsp3) is 0.357. The van der Waals surface area contributed by atoms with Crippen molar-refractivity contribution in [2.24, 2.45) is 5.92 Å². The van der Waals surface area contributed by atoms with E-state index >= 15 is 0 Å². The Hall–Kier alpha value is -2.96. The molecule has 1 nitrogen and oxygen atoms in total. The molecule has 0 bridgehead atoms. The maximum Gasteiger partial charge on any atom is 0.573 e.